The van der Waals surface area contributed by atoms with E-state index in [9.17, 15) is 4.79 Å². The first-order valence-corrected chi connectivity index (χ1v) is 10.3. The van der Waals surface area contributed by atoms with Crippen molar-refractivity contribution in [1.29, 1.82) is 0 Å². The maximum absolute atomic E-state index is 12.2. The molecule has 1 aliphatic heterocycles. The quantitative estimate of drug-likeness (QED) is 0.223. The number of nitrogens with zero attached hydrogens (tertiary/aromatic N) is 2. The molecular weight excluding hydrogens is 501 g/mol. The summed E-state index contributed by atoms with van der Waals surface area (Å²) in [7, 11) is 1.71. The predicted octanol–water partition coefficient (Wildman–Crippen LogP) is 3.05. The molecule has 1 heterocycles. The lowest BCUT2D eigenvalue weighted by Crippen LogP contribution is -2.46. The van der Waals surface area contributed by atoms with Crippen molar-refractivity contribution in [3.8, 4) is 12.3 Å². The molecule has 0 aliphatic carbocycles. The Morgan fingerprint density at radius 2 is 2.00 bits per heavy atom. The van der Waals surface area contributed by atoms with E-state index in [0.717, 1.165) is 31.6 Å². The molecule has 1 aliphatic rings. The number of halogens is 1. The molecule has 31 heavy (non-hydrogen) atoms. The first-order valence-electron chi connectivity index (χ1n) is 10.3. The smallest absolute Gasteiger partial charge is 0.243 e. The monoisotopic (exact) mass is 531 g/mol. The molecule has 0 radical (unpaired) electrons. The van der Waals surface area contributed by atoms with Crippen LogP contribution in [0.25, 0.3) is 0 Å². The van der Waals surface area contributed by atoms with Gasteiger partial charge in [0.1, 0.15) is 0 Å². The molecule has 1 fully saturated rings. The van der Waals surface area contributed by atoms with Gasteiger partial charge in [-0.1, -0.05) is 42.3 Å². The zero-order valence-electron chi connectivity index (χ0n) is 17.8. The van der Waals surface area contributed by atoms with E-state index >= 15 is 0 Å². The van der Waals surface area contributed by atoms with Gasteiger partial charge in [0.2, 0.25) is 5.91 Å². The summed E-state index contributed by atoms with van der Waals surface area (Å²) < 4.78 is 0. The highest BCUT2D eigenvalue weighted by molar-refractivity contribution is 14.0. The molecule has 0 spiro atoms. The Morgan fingerprint density at radius 3 is 2.74 bits per heavy atom. The molecule has 3 rings (SSSR count). The standard InChI is InChI=1S/C24H29N5O.HI/c1-3-19-11-7-12-21(15-19)28-23(30)17-27-24(25-2)26-16-22-13-8-14-29(22)18-20-9-5-4-6-10-20;/h1,4-7,9-12,15,22H,8,13-14,16-18H2,2H3,(H,28,30)(H2,25,26,27);1H. The summed E-state index contributed by atoms with van der Waals surface area (Å²) in [6.45, 7) is 2.97. The Morgan fingerprint density at radius 1 is 1.19 bits per heavy atom. The first-order chi connectivity index (χ1) is 14.7. The minimum atomic E-state index is -0.154. The van der Waals surface area contributed by atoms with E-state index < -0.39 is 0 Å². The van der Waals surface area contributed by atoms with Crippen molar-refractivity contribution in [2.24, 2.45) is 4.99 Å². The fourth-order valence-corrected chi connectivity index (χ4v) is 3.64. The number of hydrogen-bond acceptors (Lipinski definition) is 3. The molecular formula is C24H30IN5O. The summed E-state index contributed by atoms with van der Waals surface area (Å²) in [5.74, 6) is 3.03. The average molecular weight is 531 g/mol. The molecule has 7 heteroatoms. The van der Waals surface area contributed by atoms with E-state index in [1.165, 1.54) is 12.0 Å². The van der Waals surface area contributed by atoms with Crippen molar-refractivity contribution in [1.82, 2.24) is 15.5 Å². The van der Waals surface area contributed by atoms with Crippen molar-refractivity contribution >= 4 is 41.5 Å². The zero-order chi connectivity index (χ0) is 21.2. The van der Waals surface area contributed by atoms with Gasteiger partial charge < -0.3 is 16.0 Å². The van der Waals surface area contributed by atoms with Gasteiger partial charge in [-0.15, -0.1) is 30.4 Å². The SMILES string of the molecule is C#Cc1cccc(NC(=O)CNC(=NC)NCC2CCCN2Cc2ccccc2)c1.I. The van der Waals surface area contributed by atoms with Crippen LogP contribution in [0, 0.1) is 12.3 Å². The Labute approximate surface area is 201 Å². The average Bonchev–Trinajstić information content (AvgIpc) is 3.21. The third-order valence-corrected chi connectivity index (χ3v) is 5.19. The van der Waals surface area contributed by atoms with Gasteiger partial charge in [-0.25, -0.2) is 0 Å². The highest BCUT2D eigenvalue weighted by atomic mass is 127. The largest absolute Gasteiger partial charge is 0.355 e. The Kier molecular flexibility index (Phi) is 10.3. The Bertz CT molecular complexity index is 910. The minimum Gasteiger partial charge on any atom is -0.355 e. The summed E-state index contributed by atoms with van der Waals surface area (Å²) >= 11 is 0. The van der Waals surface area contributed by atoms with Crippen LogP contribution < -0.4 is 16.0 Å². The van der Waals surface area contributed by atoms with E-state index in [1.54, 1.807) is 13.1 Å². The molecule has 0 aromatic heterocycles. The number of amides is 1. The lowest BCUT2D eigenvalue weighted by molar-refractivity contribution is -0.115. The third-order valence-electron chi connectivity index (χ3n) is 5.19. The van der Waals surface area contributed by atoms with Gasteiger partial charge in [0.25, 0.3) is 0 Å². The maximum Gasteiger partial charge on any atom is 0.243 e. The van der Waals surface area contributed by atoms with Crippen molar-refractivity contribution in [2.45, 2.75) is 25.4 Å². The molecule has 0 bridgehead atoms. The van der Waals surface area contributed by atoms with Crippen molar-refractivity contribution in [3.05, 3.63) is 65.7 Å². The second-order valence-corrected chi connectivity index (χ2v) is 7.33. The maximum atomic E-state index is 12.2. The van der Waals surface area contributed by atoms with Crippen molar-refractivity contribution in [2.75, 3.05) is 32.0 Å². The van der Waals surface area contributed by atoms with Crippen LogP contribution in [0.4, 0.5) is 5.69 Å². The fraction of sp³-hybridized carbons (Fsp3) is 0.333. The lowest BCUT2D eigenvalue weighted by Gasteiger charge is -2.25. The summed E-state index contributed by atoms with van der Waals surface area (Å²) in [4.78, 5) is 19.0. The lowest BCUT2D eigenvalue weighted by atomic mass is 10.2. The number of benzene rings is 2. The van der Waals surface area contributed by atoms with Gasteiger partial charge in [-0.2, -0.15) is 0 Å². The summed E-state index contributed by atoms with van der Waals surface area (Å²) in [5.41, 5.74) is 2.75. The number of aliphatic imine (C=N–C) groups is 1. The molecule has 1 unspecified atom stereocenters. The molecule has 1 saturated heterocycles. The second kappa shape index (κ2) is 13.0. The number of hydrogen-bond donors (Lipinski definition) is 3. The van der Waals surface area contributed by atoms with Crippen molar-refractivity contribution in [3.63, 3.8) is 0 Å². The third kappa shape index (κ3) is 7.89. The first kappa shape index (κ1) is 24.7. The van der Waals surface area contributed by atoms with Crippen LogP contribution in [-0.4, -0.2) is 49.5 Å². The Balaban J connectivity index is 0.00000341. The van der Waals surface area contributed by atoms with Gasteiger partial charge >= 0.3 is 0 Å². The summed E-state index contributed by atoms with van der Waals surface area (Å²) in [6.07, 6.45) is 7.76. The van der Waals surface area contributed by atoms with Crippen LogP contribution in [0.1, 0.15) is 24.0 Å². The van der Waals surface area contributed by atoms with Crippen LogP contribution in [0.5, 0.6) is 0 Å². The van der Waals surface area contributed by atoms with Crippen molar-refractivity contribution < 1.29 is 4.79 Å². The molecule has 2 aromatic carbocycles. The molecule has 2 aromatic rings. The summed E-state index contributed by atoms with van der Waals surface area (Å²) in [5, 5.41) is 9.27. The fourth-order valence-electron chi connectivity index (χ4n) is 3.64. The number of carbonyl (C=O) groups excluding carboxylic acids is 1. The topological polar surface area (TPSA) is 68.8 Å². The van der Waals surface area contributed by atoms with Crippen LogP contribution in [-0.2, 0) is 11.3 Å². The Hall–Kier alpha value is -2.57. The highest BCUT2D eigenvalue weighted by Gasteiger charge is 2.24. The van der Waals surface area contributed by atoms with E-state index in [-0.39, 0.29) is 36.4 Å². The normalized spacial score (nSPS) is 16.1. The van der Waals surface area contributed by atoms with Gasteiger partial charge in [0.05, 0.1) is 6.54 Å². The van der Waals surface area contributed by atoms with Gasteiger partial charge in [-0.05, 0) is 43.1 Å². The number of terminal acetylenes is 1. The number of likely N-dealkylation sites (tertiary alicyclic amines) is 1. The molecule has 0 saturated carbocycles. The molecule has 1 amide bonds. The number of carbonyl (C=O) groups is 1. The van der Waals surface area contributed by atoms with E-state index in [0.29, 0.717) is 17.7 Å². The molecule has 164 valence electrons. The van der Waals surface area contributed by atoms with Gasteiger partial charge in [-0.3, -0.25) is 14.7 Å². The highest BCUT2D eigenvalue weighted by Crippen LogP contribution is 2.19. The number of rotatable bonds is 7. The number of anilines is 1. The summed E-state index contributed by atoms with van der Waals surface area (Å²) in [6, 6.07) is 18.2. The minimum absolute atomic E-state index is 0. The predicted molar refractivity (Wildman–Crippen MR) is 138 cm³/mol. The number of nitrogens with one attached hydrogen (secondary N) is 3. The zero-order valence-corrected chi connectivity index (χ0v) is 20.1. The van der Waals surface area contributed by atoms with Crippen LogP contribution >= 0.6 is 24.0 Å². The molecule has 1 atom stereocenters. The van der Waals surface area contributed by atoms with Crippen LogP contribution in [0.15, 0.2) is 59.6 Å². The van der Waals surface area contributed by atoms with E-state index in [2.05, 4.69) is 56.0 Å². The van der Waals surface area contributed by atoms with E-state index in [1.807, 2.05) is 24.3 Å². The number of guanidine groups is 1. The van der Waals surface area contributed by atoms with E-state index in [4.69, 9.17) is 6.42 Å². The van der Waals surface area contributed by atoms with Gasteiger partial charge in [0, 0.05) is 37.4 Å². The van der Waals surface area contributed by atoms with Crippen LogP contribution in [0.3, 0.4) is 0 Å². The van der Waals surface area contributed by atoms with Crippen LogP contribution in [0.2, 0.25) is 0 Å². The second-order valence-electron chi connectivity index (χ2n) is 7.33. The molecule has 6 nitrogen and oxygen atoms in total. The molecule has 3 N–H and O–H groups in total. The van der Waals surface area contributed by atoms with Gasteiger partial charge in [0.15, 0.2) is 5.96 Å².